The van der Waals surface area contributed by atoms with Crippen molar-refractivity contribution in [1.29, 1.82) is 0 Å². The van der Waals surface area contributed by atoms with Crippen LogP contribution in [-0.2, 0) is 0 Å². The van der Waals surface area contributed by atoms with Gasteiger partial charge >= 0.3 is 0 Å². The van der Waals surface area contributed by atoms with Crippen molar-refractivity contribution in [3.63, 3.8) is 0 Å². The van der Waals surface area contributed by atoms with Crippen molar-refractivity contribution in [2.75, 3.05) is 0 Å². The van der Waals surface area contributed by atoms with E-state index in [0.29, 0.717) is 5.95 Å². The molecule has 0 fully saturated rings. The van der Waals surface area contributed by atoms with Crippen molar-refractivity contribution in [2.24, 2.45) is 0 Å². The summed E-state index contributed by atoms with van der Waals surface area (Å²) < 4.78 is 2.16. The molecule has 0 spiro atoms. The Morgan fingerprint density at radius 3 is 1.85 bits per heavy atom. The van der Waals surface area contributed by atoms with E-state index in [2.05, 4.69) is 87.3 Å². The van der Waals surface area contributed by atoms with Crippen LogP contribution in [0.2, 0.25) is 0 Å². The predicted octanol–water partition coefficient (Wildman–Crippen LogP) is 5.75. The van der Waals surface area contributed by atoms with Crippen LogP contribution >= 0.6 is 0 Å². The van der Waals surface area contributed by atoms with E-state index in [-0.39, 0.29) is 0 Å². The summed E-state index contributed by atoms with van der Waals surface area (Å²) >= 11 is 0. The fraction of sp³-hybridized carbons (Fsp3) is 0. The topological polar surface area (TPSA) is 30.7 Å². The molecule has 0 aliphatic heterocycles. The number of hydrogen-bond donors (Lipinski definition) is 0. The van der Waals surface area contributed by atoms with Crippen molar-refractivity contribution in [1.82, 2.24) is 14.5 Å². The Hall–Kier alpha value is -3.72. The van der Waals surface area contributed by atoms with E-state index < -0.39 is 0 Å². The summed E-state index contributed by atoms with van der Waals surface area (Å²) in [5.74, 6) is 0.676. The van der Waals surface area contributed by atoms with Crippen molar-refractivity contribution in [3.8, 4) is 28.3 Å². The van der Waals surface area contributed by atoms with Gasteiger partial charge < -0.3 is 0 Å². The molecule has 0 aliphatic carbocycles. The third kappa shape index (κ3) is 2.61. The van der Waals surface area contributed by atoms with E-state index in [4.69, 9.17) is 0 Å². The molecule has 27 heavy (non-hydrogen) atoms. The quantitative estimate of drug-likeness (QED) is 0.416. The molecule has 0 unspecified atom stereocenters. The Bertz CT molecular complexity index is 1120. The van der Waals surface area contributed by atoms with Gasteiger partial charge in [0.2, 0.25) is 5.95 Å². The Morgan fingerprint density at radius 1 is 0.556 bits per heavy atom. The van der Waals surface area contributed by atoms with E-state index in [0.717, 1.165) is 16.8 Å². The van der Waals surface area contributed by atoms with Crippen LogP contribution in [0.25, 0.3) is 39.2 Å². The van der Waals surface area contributed by atoms with E-state index in [1.165, 1.54) is 16.5 Å². The van der Waals surface area contributed by atoms with Gasteiger partial charge in [0.1, 0.15) is 0 Å². The largest absolute Gasteiger partial charge is 0.277 e. The average molecular weight is 347 g/mol. The first-order chi connectivity index (χ1) is 13.4. The number of hydrogen-bond acceptors (Lipinski definition) is 2. The molecule has 5 rings (SSSR count). The zero-order valence-electron chi connectivity index (χ0n) is 14.7. The SMILES string of the molecule is c1ccc(-c2c(-c3ccccc3)n(-c3ncccn3)c3ccccc23)cc1. The fourth-order valence-corrected chi connectivity index (χ4v) is 3.62. The van der Waals surface area contributed by atoms with Crippen LogP contribution in [0.1, 0.15) is 0 Å². The predicted molar refractivity (Wildman–Crippen MR) is 110 cm³/mol. The summed E-state index contributed by atoms with van der Waals surface area (Å²) in [6, 6.07) is 31.3. The molecule has 128 valence electrons. The van der Waals surface area contributed by atoms with Crippen molar-refractivity contribution in [3.05, 3.63) is 103 Å². The molecule has 2 aromatic heterocycles. The van der Waals surface area contributed by atoms with Crippen LogP contribution in [0.3, 0.4) is 0 Å². The normalized spacial score (nSPS) is 11.0. The summed E-state index contributed by atoms with van der Waals surface area (Å²) in [4.78, 5) is 9.09. The average Bonchev–Trinajstić information content (AvgIpc) is 3.11. The maximum atomic E-state index is 4.54. The number of fused-ring (bicyclic) bond motifs is 1. The highest BCUT2D eigenvalue weighted by molar-refractivity contribution is 6.05. The molecule has 0 radical (unpaired) electrons. The van der Waals surface area contributed by atoms with E-state index in [1.54, 1.807) is 12.4 Å². The molecule has 0 bridgehead atoms. The van der Waals surface area contributed by atoms with Crippen LogP contribution in [0.5, 0.6) is 0 Å². The van der Waals surface area contributed by atoms with Crippen LogP contribution < -0.4 is 0 Å². The molecule has 2 heterocycles. The zero-order chi connectivity index (χ0) is 18.1. The van der Waals surface area contributed by atoms with Crippen molar-refractivity contribution >= 4 is 10.9 Å². The lowest BCUT2D eigenvalue weighted by Gasteiger charge is -2.11. The third-order valence-corrected chi connectivity index (χ3v) is 4.74. The van der Waals surface area contributed by atoms with Gasteiger partial charge in [0.25, 0.3) is 0 Å². The number of rotatable bonds is 3. The van der Waals surface area contributed by atoms with Gasteiger partial charge in [-0.2, -0.15) is 0 Å². The molecule has 3 heteroatoms. The lowest BCUT2D eigenvalue weighted by atomic mass is 9.98. The summed E-state index contributed by atoms with van der Waals surface area (Å²) in [5, 5.41) is 1.19. The van der Waals surface area contributed by atoms with E-state index >= 15 is 0 Å². The highest BCUT2D eigenvalue weighted by Gasteiger charge is 2.21. The number of nitrogens with zero attached hydrogens (tertiary/aromatic N) is 3. The van der Waals surface area contributed by atoms with Gasteiger partial charge in [-0.15, -0.1) is 0 Å². The monoisotopic (exact) mass is 347 g/mol. The first-order valence-electron chi connectivity index (χ1n) is 8.95. The lowest BCUT2D eigenvalue weighted by molar-refractivity contribution is 0.968. The molecular formula is C24H17N3. The summed E-state index contributed by atoms with van der Waals surface area (Å²) in [6.07, 6.45) is 3.57. The second-order valence-corrected chi connectivity index (χ2v) is 6.36. The molecule has 0 amide bonds. The van der Waals surface area contributed by atoms with Gasteiger partial charge in [-0.3, -0.25) is 4.57 Å². The molecule has 0 aliphatic rings. The summed E-state index contributed by atoms with van der Waals surface area (Å²) in [6.45, 7) is 0. The minimum Gasteiger partial charge on any atom is -0.277 e. The molecule has 5 aromatic rings. The van der Waals surface area contributed by atoms with Gasteiger partial charge in [0.15, 0.2) is 0 Å². The van der Waals surface area contributed by atoms with Gasteiger partial charge in [-0.1, -0.05) is 78.9 Å². The Kier molecular flexibility index (Phi) is 3.76. The Labute approximate surface area is 157 Å². The molecule has 0 atom stereocenters. The van der Waals surface area contributed by atoms with Gasteiger partial charge in [-0.25, -0.2) is 9.97 Å². The highest BCUT2D eigenvalue weighted by Crippen LogP contribution is 2.41. The van der Waals surface area contributed by atoms with Crippen LogP contribution in [0, 0.1) is 0 Å². The van der Waals surface area contributed by atoms with Gasteiger partial charge in [-0.05, 0) is 23.3 Å². The maximum Gasteiger partial charge on any atom is 0.234 e. The first kappa shape index (κ1) is 15.5. The third-order valence-electron chi connectivity index (χ3n) is 4.74. The van der Waals surface area contributed by atoms with Crippen molar-refractivity contribution in [2.45, 2.75) is 0 Å². The summed E-state index contributed by atoms with van der Waals surface area (Å²) in [5.41, 5.74) is 5.72. The summed E-state index contributed by atoms with van der Waals surface area (Å²) in [7, 11) is 0. The van der Waals surface area contributed by atoms with Crippen LogP contribution in [-0.4, -0.2) is 14.5 Å². The number of aromatic nitrogens is 3. The Morgan fingerprint density at radius 2 is 1.15 bits per heavy atom. The van der Waals surface area contributed by atoms with Crippen LogP contribution in [0.15, 0.2) is 103 Å². The van der Waals surface area contributed by atoms with E-state index in [1.807, 2.05) is 18.2 Å². The molecule has 0 saturated carbocycles. The minimum atomic E-state index is 0.676. The standard InChI is InChI=1S/C24H17N3/c1-3-10-18(11-4-1)22-20-14-7-8-15-21(20)27(24-25-16-9-17-26-24)23(22)19-12-5-2-6-13-19/h1-17H. The molecule has 0 saturated heterocycles. The molecule has 3 nitrogen and oxygen atoms in total. The number of benzene rings is 3. The smallest absolute Gasteiger partial charge is 0.234 e. The second-order valence-electron chi connectivity index (χ2n) is 6.36. The van der Waals surface area contributed by atoms with E-state index in [9.17, 15) is 0 Å². The molecular weight excluding hydrogens is 330 g/mol. The van der Waals surface area contributed by atoms with Crippen molar-refractivity contribution < 1.29 is 0 Å². The van der Waals surface area contributed by atoms with Gasteiger partial charge in [0, 0.05) is 23.3 Å². The number of para-hydroxylation sites is 1. The Balaban J connectivity index is 1.97. The maximum absolute atomic E-state index is 4.54. The lowest BCUT2D eigenvalue weighted by Crippen LogP contribution is -2.02. The highest BCUT2D eigenvalue weighted by atomic mass is 15.2. The molecule has 0 N–H and O–H groups in total. The van der Waals surface area contributed by atoms with Crippen LogP contribution in [0.4, 0.5) is 0 Å². The van der Waals surface area contributed by atoms with Gasteiger partial charge in [0.05, 0.1) is 11.2 Å². The zero-order valence-corrected chi connectivity index (χ0v) is 14.7. The minimum absolute atomic E-state index is 0.676. The first-order valence-corrected chi connectivity index (χ1v) is 8.95. The fourth-order valence-electron chi connectivity index (χ4n) is 3.62. The second kappa shape index (κ2) is 6.54. The molecule has 3 aromatic carbocycles.